The van der Waals surface area contributed by atoms with Crippen LogP contribution in [0, 0.1) is 0 Å². The zero-order valence-corrected chi connectivity index (χ0v) is 13.4. The van der Waals surface area contributed by atoms with Crippen molar-refractivity contribution in [1.82, 2.24) is 4.90 Å². The van der Waals surface area contributed by atoms with Crippen molar-refractivity contribution in [3.05, 3.63) is 22.2 Å². The Morgan fingerprint density at radius 2 is 2.00 bits per heavy atom. The van der Waals surface area contributed by atoms with Gasteiger partial charge in [-0.1, -0.05) is 0 Å². The number of aliphatic hydroxyl groups is 1. The molecule has 1 aromatic rings. The van der Waals surface area contributed by atoms with Gasteiger partial charge in [0.05, 0.1) is 24.3 Å². The van der Waals surface area contributed by atoms with Crippen molar-refractivity contribution in [2.24, 2.45) is 0 Å². The first-order chi connectivity index (χ1) is 9.08. The Kier molecular flexibility index (Phi) is 7.20. The Balaban J connectivity index is 2.74. The number of hydrogen-bond donors (Lipinski definition) is 1. The fraction of sp³-hybridized carbons (Fsp3) is 0.571. The van der Waals surface area contributed by atoms with Crippen molar-refractivity contribution >= 4 is 15.9 Å². The van der Waals surface area contributed by atoms with Gasteiger partial charge in [-0.2, -0.15) is 0 Å². The number of rotatable bonds is 8. The van der Waals surface area contributed by atoms with E-state index < -0.39 is 0 Å². The second-order valence-corrected chi connectivity index (χ2v) is 5.36. The second kappa shape index (κ2) is 8.40. The molecule has 0 unspecified atom stereocenters. The Bertz CT molecular complexity index is 397. The summed E-state index contributed by atoms with van der Waals surface area (Å²) in [4.78, 5) is 2.12. The Hall–Kier alpha value is -0.780. The molecule has 0 bridgehead atoms. The van der Waals surface area contributed by atoms with Crippen molar-refractivity contribution in [2.75, 3.05) is 33.9 Å². The van der Waals surface area contributed by atoms with E-state index in [1.54, 1.807) is 0 Å². The summed E-state index contributed by atoms with van der Waals surface area (Å²) < 4.78 is 12.2. The van der Waals surface area contributed by atoms with Crippen LogP contribution in [0.2, 0.25) is 0 Å². The van der Waals surface area contributed by atoms with Gasteiger partial charge >= 0.3 is 0 Å². The second-order valence-electron chi connectivity index (χ2n) is 4.50. The molecule has 0 aliphatic heterocycles. The van der Waals surface area contributed by atoms with E-state index in [0.717, 1.165) is 23.0 Å². The third-order valence-corrected chi connectivity index (χ3v) is 3.14. The lowest BCUT2D eigenvalue weighted by Crippen LogP contribution is -2.15. The summed E-state index contributed by atoms with van der Waals surface area (Å²) in [5.41, 5.74) is 0.802. The van der Waals surface area contributed by atoms with Crippen LogP contribution >= 0.6 is 15.9 Å². The minimum absolute atomic E-state index is 0.0143. The number of ether oxygens (including phenoxy) is 2. The minimum atomic E-state index is -0.0143. The molecule has 0 fully saturated rings. The van der Waals surface area contributed by atoms with Gasteiger partial charge in [0.15, 0.2) is 11.5 Å². The van der Waals surface area contributed by atoms with Crippen molar-refractivity contribution in [3.8, 4) is 11.5 Å². The van der Waals surface area contributed by atoms with E-state index in [9.17, 15) is 5.11 Å². The van der Waals surface area contributed by atoms with Crippen LogP contribution in [0.4, 0.5) is 0 Å². The van der Waals surface area contributed by atoms with Crippen molar-refractivity contribution in [2.45, 2.75) is 20.0 Å². The molecule has 108 valence electrons. The molecule has 0 aliphatic carbocycles. The van der Waals surface area contributed by atoms with Gasteiger partial charge in [0.1, 0.15) is 0 Å². The van der Waals surface area contributed by atoms with E-state index in [1.165, 1.54) is 0 Å². The molecular formula is C14H22BrNO3. The highest BCUT2D eigenvalue weighted by Gasteiger charge is 2.12. The van der Waals surface area contributed by atoms with Crippen LogP contribution in [-0.2, 0) is 6.61 Å². The highest BCUT2D eigenvalue weighted by Crippen LogP contribution is 2.37. The molecule has 1 aromatic carbocycles. The van der Waals surface area contributed by atoms with Gasteiger partial charge in [0.2, 0.25) is 0 Å². The first-order valence-electron chi connectivity index (χ1n) is 6.42. The Morgan fingerprint density at radius 3 is 2.58 bits per heavy atom. The van der Waals surface area contributed by atoms with E-state index in [0.29, 0.717) is 24.7 Å². The summed E-state index contributed by atoms with van der Waals surface area (Å²) in [7, 11) is 4.08. The third kappa shape index (κ3) is 5.38. The molecule has 0 heterocycles. The fourth-order valence-corrected chi connectivity index (χ4v) is 2.27. The first-order valence-corrected chi connectivity index (χ1v) is 7.21. The van der Waals surface area contributed by atoms with Crippen LogP contribution < -0.4 is 9.47 Å². The predicted molar refractivity (Wildman–Crippen MR) is 79.9 cm³/mol. The zero-order chi connectivity index (χ0) is 14.3. The van der Waals surface area contributed by atoms with Gasteiger partial charge in [-0.3, -0.25) is 0 Å². The number of hydrogen-bond acceptors (Lipinski definition) is 4. The van der Waals surface area contributed by atoms with Crippen molar-refractivity contribution in [1.29, 1.82) is 0 Å². The molecule has 4 nitrogen and oxygen atoms in total. The summed E-state index contributed by atoms with van der Waals surface area (Å²) in [5, 5.41) is 9.20. The van der Waals surface area contributed by atoms with Crippen LogP contribution in [-0.4, -0.2) is 43.9 Å². The molecule has 0 aromatic heterocycles. The molecule has 1 rings (SSSR count). The summed E-state index contributed by atoms with van der Waals surface area (Å²) >= 11 is 3.46. The fourth-order valence-electron chi connectivity index (χ4n) is 1.67. The lowest BCUT2D eigenvalue weighted by molar-refractivity contribution is 0.254. The van der Waals surface area contributed by atoms with Gasteiger partial charge < -0.3 is 19.5 Å². The van der Waals surface area contributed by atoms with Crippen molar-refractivity contribution < 1.29 is 14.6 Å². The Labute approximate surface area is 123 Å². The zero-order valence-electron chi connectivity index (χ0n) is 11.8. The maximum Gasteiger partial charge on any atom is 0.175 e. The van der Waals surface area contributed by atoms with Crippen LogP contribution in [0.1, 0.15) is 18.9 Å². The number of benzene rings is 1. The van der Waals surface area contributed by atoms with Crippen LogP contribution in [0.15, 0.2) is 16.6 Å². The summed E-state index contributed by atoms with van der Waals surface area (Å²) in [5.74, 6) is 1.38. The standard InChI is InChI=1S/C14H22BrNO3/c1-4-18-13-9-11(10-17)8-12(15)14(13)19-7-5-6-16(2)3/h8-9,17H,4-7,10H2,1-3H3. The topological polar surface area (TPSA) is 41.9 Å². The molecule has 0 amide bonds. The van der Waals surface area contributed by atoms with Crippen LogP contribution in [0.3, 0.4) is 0 Å². The maximum atomic E-state index is 9.20. The van der Waals surface area contributed by atoms with Gasteiger partial charge in [-0.15, -0.1) is 0 Å². The van der Waals surface area contributed by atoms with E-state index in [2.05, 4.69) is 20.8 Å². The lowest BCUT2D eigenvalue weighted by atomic mass is 10.2. The quantitative estimate of drug-likeness (QED) is 0.743. The monoisotopic (exact) mass is 331 g/mol. The average molecular weight is 332 g/mol. The molecule has 0 spiro atoms. The van der Waals surface area contributed by atoms with Gasteiger partial charge in [0.25, 0.3) is 0 Å². The summed E-state index contributed by atoms with van der Waals surface area (Å²) in [6, 6.07) is 3.67. The minimum Gasteiger partial charge on any atom is -0.490 e. The molecule has 0 radical (unpaired) electrons. The SMILES string of the molecule is CCOc1cc(CO)cc(Br)c1OCCCN(C)C. The summed E-state index contributed by atoms with van der Waals surface area (Å²) in [6.07, 6.45) is 0.951. The van der Waals surface area contributed by atoms with Gasteiger partial charge in [0, 0.05) is 6.54 Å². The van der Waals surface area contributed by atoms with E-state index >= 15 is 0 Å². The van der Waals surface area contributed by atoms with E-state index in [1.807, 2.05) is 33.2 Å². The highest BCUT2D eigenvalue weighted by atomic mass is 79.9. The first kappa shape index (κ1) is 16.3. The Morgan fingerprint density at radius 1 is 1.26 bits per heavy atom. The highest BCUT2D eigenvalue weighted by molar-refractivity contribution is 9.10. The molecule has 0 atom stereocenters. The van der Waals surface area contributed by atoms with E-state index in [4.69, 9.17) is 9.47 Å². The van der Waals surface area contributed by atoms with Gasteiger partial charge in [-0.25, -0.2) is 0 Å². The van der Waals surface area contributed by atoms with Crippen molar-refractivity contribution in [3.63, 3.8) is 0 Å². The molecule has 0 saturated heterocycles. The largest absolute Gasteiger partial charge is 0.490 e. The lowest BCUT2D eigenvalue weighted by Gasteiger charge is -2.16. The van der Waals surface area contributed by atoms with Crippen LogP contribution in [0.5, 0.6) is 11.5 Å². The molecule has 1 N–H and O–H groups in total. The van der Waals surface area contributed by atoms with Gasteiger partial charge in [-0.05, 0) is 61.1 Å². The maximum absolute atomic E-state index is 9.20. The average Bonchev–Trinajstić information content (AvgIpc) is 2.36. The molecular weight excluding hydrogens is 310 g/mol. The third-order valence-electron chi connectivity index (χ3n) is 2.55. The van der Waals surface area contributed by atoms with Crippen LogP contribution in [0.25, 0.3) is 0 Å². The number of halogens is 1. The number of nitrogens with zero attached hydrogens (tertiary/aromatic N) is 1. The normalized spacial score (nSPS) is 10.8. The molecule has 5 heteroatoms. The summed E-state index contributed by atoms with van der Waals surface area (Å²) in [6.45, 7) is 4.09. The van der Waals surface area contributed by atoms with E-state index in [-0.39, 0.29) is 6.61 Å². The predicted octanol–water partition coefficient (Wildman–Crippen LogP) is 2.67. The molecule has 0 aliphatic rings. The smallest absolute Gasteiger partial charge is 0.175 e. The number of aliphatic hydroxyl groups excluding tert-OH is 1. The molecule has 0 saturated carbocycles. The molecule has 19 heavy (non-hydrogen) atoms.